The fourth-order valence-corrected chi connectivity index (χ4v) is 4.58. The van der Waals surface area contributed by atoms with Gasteiger partial charge in [-0.25, -0.2) is 4.79 Å². The second-order valence-electron chi connectivity index (χ2n) is 10.4. The van der Waals surface area contributed by atoms with Crippen molar-refractivity contribution < 1.29 is 81.1 Å². The molecule has 0 amide bonds. The van der Waals surface area contributed by atoms with Crippen molar-refractivity contribution in [3.8, 4) is 6.07 Å². The van der Waals surface area contributed by atoms with Crippen LogP contribution in [0.15, 0.2) is 40.5 Å². The number of carbonyl (C=O) groups excluding carboxylic acids is 2. The Morgan fingerprint density at radius 1 is 0.898 bits per heavy atom. The molecule has 0 saturated heterocycles. The van der Waals surface area contributed by atoms with E-state index in [4.69, 9.17) is 14.7 Å². The van der Waals surface area contributed by atoms with Gasteiger partial charge in [0, 0.05) is 35.9 Å². The third kappa shape index (κ3) is 7.59. The lowest BCUT2D eigenvalue weighted by atomic mass is 9.75. The van der Waals surface area contributed by atoms with Crippen LogP contribution in [0.25, 0.3) is 0 Å². The molecule has 0 saturated carbocycles. The maximum atomic E-state index is 14.2. The van der Waals surface area contributed by atoms with Gasteiger partial charge in [0.2, 0.25) is 0 Å². The lowest BCUT2D eigenvalue weighted by Gasteiger charge is -2.39. The first-order chi connectivity index (χ1) is 22.2. The predicted molar refractivity (Wildman–Crippen MR) is 137 cm³/mol. The Morgan fingerprint density at radius 2 is 1.47 bits per heavy atom. The molecule has 9 nitrogen and oxygen atoms in total. The van der Waals surface area contributed by atoms with Gasteiger partial charge < -0.3 is 9.47 Å². The van der Waals surface area contributed by atoms with Crippen molar-refractivity contribution in [2.45, 2.75) is 74.8 Å². The van der Waals surface area contributed by atoms with Crippen LogP contribution >= 0.6 is 0 Å². The van der Waals surface area contributed by atoms with E-state index in [0.29, 0.717) is 0 Å². The topological polar surface area (TPSA) is 132 Å². The molecule has 0 aliphatic carbocycles. The average Bonchev–Trinajstić information content (AvgIpc) is 2.97. The number of aliphatic imine (C=N–C) groups is 1. The van der Waals surface area contributed by atoms with Crippen LogP contribution in [-0.2, 0) is 19.1 Å². The van der Waals surface area contributed by atoms with E-state index in [-0.39, 0.29) is 23.4 Å². The SMILES string of the molecule is CC1=NC(C)=C(C(=O)OCCCC(F)(F)C(F)(F)C(F)(F)C(F)(F)C(F)(F)C(F)(F)F)C(c2cccc([N+](=O)[O-])c2)C1C(=O)OCCC#N. The van der Waals surface area contributed by atoms with E-state index in [9.17, 15) is 76.8 Å². The number of halogens is 13. The van der Waals surface area contributed by atoms with Gasteiger partial charge in [-0.15, -0.1) is 0 Å². The zero-order valence-electron chi connectivity index (χ0n) is 24.7. The molecule has 1 aromatic rings. The van der Waals surface area contributed by atoms with Crippen LogP contribution in [-0.4, -0.2) is 71.6 Å². The van der Waals surface area contributed by atoms with Crippen molar-refractivity contribution in [1.29, 1.82) is 5.26 Å². The monoisotopic (exact) mass is 731 g/mol. The number of non-ortho nitro benzene ring substituents is 1. The second kappa shape index (κ2) is 14.2. The first-order valence-electron chi connectivity index (χ1n) is 13.4. The summed E-state index contributed by atoms with van der Waals surface area (Å²) in [5, 5.41) is 20.1. The van der Waals surface area contributed by atoms with Crippen molar-refractivity contribution in [2.75, 3.05) is 13.2 Å². The number of hydrogen-bond acceptors (Lipinski definition) is 8. The van der Waals surface area contributed by atoms with Crippen LogP contribution in [0.5, 0.6) is 0 Å². The summed E-state index contributed by atoms with van der Waals surface area (Å²) in [6.45, 7) is 0.595. The minimum absolute atomic E-state index is 0.0248. The van der Waals surface area contributed by atoms with Crippen LogP contribution < -0.4 is 0 Å². The number of allylic oxidation sites excluding steroid dienone is 1. The van der Waals surface area contributed by atoms with E-state index >= 15 is 0 Å². The molecule has 0 N–H and O–H groups in total. The summed E-state index contributed by atoms with van der Waals surface area (Å²) in [4.78, 5) is 40.7. The summed E-state index contributed by atoms with van der Waals surface area (Å²) in [5.41, 5.74) is -1.49. The number of rotatable bonds is 14. The highest BCUT2D eigenvalue weighted by Crippen LogP contribution is 2.60. The molecule has 0 radical (unpaired) electrons. The largest absolute Gasteiger partial charge is 0.464 e. The molecule has 0 spiro atoms. The molecule has 1 aliphatic heterocycles. The smallest absolute Gasteiger partial charge is 0.460 e. The third-order valence-corrected chi connectivity index (χ3v) is 7.07. The molecule has 1 aromatic carbocycles. The third-order valence-electron chi connectivity index (χ3n) is 7.07. The summed E-state index contributed by atoms with van der Waals surface area (Å²) in [6, 6.07) is 6.01. The van der Waals surface area contributed by atoms with Crippen molar-refractivity contribution in [3.05, 3.63) is 51.2 Å². The van der Waals surface area contributed by atoms with Gasteiger partial charge in [0.15, 0.2) is 0 Å². The zero-order chi connectivity index (χ0) is 38.0. The standard InChI is InChI=1S/C27H22F13N3O6/c1-13-17(19(15-6-3-7-16(12-15)43(46)47)18(14(2)42-13)21(45)49-11-5-9-41)20(44)48-10-4-8-22(28,29)23(30,31)24(32,33)25(34,35)26(36,37)27(38,39)40/h3,6-7,12,18-19H,4-5,8,10-11H2,1-2H3. The molecule has 49 heavy (non-hydrogen) atoms. The van der Waals surface area contributed by atoms with Crippen LogP contribution in [0, 0.1) is 27.4 Å². The average molecular weight is 731 g/mol. The highest BCUT2D eigenvalue weighted by atomic mass is 19.4. The van der Waals surface area contributed by atoms with Gasteiger partial charge >= 0.3 is 47.7 Å². The van der Waals surface area contributed by atoms with Gasteiger partial charge in [0.25, 0.3) is 5.69 Å². The van der Waals surface area contributed by atoms with E-state index in [1.165, 1.54) is 13.0 Å². The van der Waals surface area contributed by atoms with E-state index in [2.05, 4.69) is 4.99 Å². The molecule has 2 rings (SSSR count). The van der Waals surface area contributed by atoms with Gasteiger partial charge in [0.1, 0.15) is 12.5 Å². The quantitative estimate of drug-likeness (QED) is 0.0635. The Balaban J connectivity index is 2.38. The van der Waals surface area contributed by atoms with Gasteiger partial charge in [-0.3, -0.25) is 19.9 Å². The number of hydrogen-bond donors (Lipinski definition) is 0. The molecule has 0 bridgehead atoms. The van der Waals surface area contributed by atoms with Crippen molar-refractivity contribution >= 4 is 23.3 Å². The number of alkyl halides is 13. The molecule has 2 unspecified atom stereocenters. The maximum Gasteiger partial charge on any atom is 0.460 e. The first-order valence-corrected chi connectivity index (χ1v) is 13.4. The van der Waals surface area contributed by atoms with Crippen molar-refractivity contribution in [2.24, 2.45) is 10.9 Å². The summed E-state index contributed by atoms with van der Waals surface area (Å²) in [5.74, 6) is -43.5. The van der Waals surface area contributed by atoms with Gasteiger partial charge in [-0.05, 0) is 25.8 Å². The molecule has 272 valence electrons. The van der Waals surface area contributed by atoms with Crippen molar-refractivity contribution in [1.82, 2.24) is 0 Å². The number of carbonyl (C=O) groups is 2. The molecular formula is C27H22F13N3O6. The minimum Gasteiger partial charge on any atom is -0.464 e. The zero-order valence-corrected chi connectivity index (χ0v) is 24.7. The molecule has 0 fully saturated rings. The molecule has 1 heterocycles. The molecule has 22 heteroatoms. The fraction of sp³-hybridized carbons (Fsp3) is 0.556. The molecule has 1 aliphatic rings. The van der Waals surface area contributed by atoms with Crippen LogP contribution in [0.1, 0.15) is 44.6 Å². The predicted octanol–water partition coefficient (Wildman–Crippen LogP) is 7.56. The van der Waals surface area contributed by atoms with Crippen LogP contribution in [0.4, 0.5) is 62.8 Å². The Labute approximate surface area is 266 Å². The number of nitriles is 1. The Kier molecular flexibility index (Phi) is 11.8. The number of esters is 2. The summed E-state index contributed by atoms with van der Waals surface area (Å²) in [7, 11) is 0. The van der Waals surface area contributed by atoms with E-state index in [0.717, 1.165) is 25.1 Å². The van der Waals surface area contributed by atoms with E-state index in [1.807, 2.05) is 0 Å². The fourth-order valence-electron chi connectivity index (χ4n) is 4.58. The minimum atomic E-state index is -8.06. The van der Waals surface area contributed by atoms with Gasteiger partial charge in [-0.2, -0.15) is 62.3 Å². The molecular weight excluding hydrogens is 709 g/mol. The molecule has 0 aromatic heterocycles. The Hall–Kier alpha value is -4.45. The number of benzene rings is 1. The highest BCUT2D eigenvalue weighted by Gasteiger charge is 2.90. The summed E-state index contributed by atoms with van der Waals surface area (Å²) >= 11 is 0. The van der Waals surface area contributed by atoms with E-state index < -0.39 is 102 Å². The van der Waals surface area contributed by atoms with Gasteiger partial charge in [0.05, 0.1) is 29.6 Å². The van der Waals surface area contributed by atoms with Crippen LogP contribution in [0.2, 0.25) is 0 Å². The summed E-state index contributed by atoms with van der Waals surface area (Å²) in [6.07, 6.45) is -12.0. The summed E-state index contributed by atoms with van der Waals surface area (Å²) < 4.78 is 184. The van der Waals surface area contributed by atoms with Gasteiger partial charge in [-0.1, -0.05) is 12.1 Å². The van der Waals surface area contributed by atoms with E-state index in [1.54, 1.807) is 6.07 Å². The Morgan fingerprint density at radius 3 is 2.00 bits per heavy atom. The number of ether oxygens (including phenoxy) is 2. The molecule has 2 atom stereocenters. The number of nitro benzene ring substituents is 1. The Bertz CT molecular complexity index is 1550. The number of nitrogens with zero attached hydrogens (tertiary/aromatic N) is 3. The second-order valence-corrected chi connectivity index (χ2v) is 10.4. The lowest BCUT2D eigenvalue weighted by molar-refractivity contribution is -0.440. The number of nitro groups is 1. The maximum absolute atomic E-state index is 14.2. The first kappa shape index (κ1) is 40.7. The highest BCUT2D eigenvalue weighted by molar-refractivity contribution is 6.07. The van der Waals surface area contributed by atoms with Crippen molar-refractivity contribution in [3.63, 3.8) is 0 Å². The van der Waals surface area contributed by atoms with Crippen LogP contribution in [0.3, 0.4) is 0 Å². The lowest BCUT2D eigenvalue weighted by Crippen LogP contribution is -2.70. The normalized spacial score (nSPS) is 18.0.